The van der Waals surface area contributed by atoms with Crippen LogP contribution in [0.5, 0.6) is 5.88 Å². The van der Waals surface area contributed by atoms with Crippen LogP contribution in [0.15, 0.2) is 36.5 Å². The zero-order valence-electron chi connectivity index (χ0n) is 19.0. The number of benzene rings is 1. The fraction of sp³-hybridized carbons (Fsp3) is 0.458. The minimum absolute atomic E-state index is 0.307. The molecule has 1 saturated heterocycles. The van der Waals surface area contributed by atoms with Gasteiger partial charge >= 0.3 is 0 Å². The van der Waals surface area contributed by atoms with Crippen molar-refractivity contribution in [1.29, 1.82) is 0 Å². The Morgan fingerprint density at radius 2 is 1.82 bits per heavy atom. The number of rotatable bonds is 5. The van der Waals surface area contributed by atoms with Crippen molar-refractivity contribution < 1.29 is 13.5 Å². The first-order chi connectivity index (χ1) is 16.6. The third-order valence-corrected chi connectivity index (χ3v) is 7.28. The van der Waals surface area contributed by atoms with Gasteiger partial charge in [-0.3, -0.25) is 0 Å². The Kier molecular flexibility index (Phi) is 5.23. The number of anilines is 4. The first-order valence-corrected chi connectivity index (χ1v) is 11.8. The van der Waals surface area contributed by atoms with Crippen LogP contribution in [0.1, 0.15) is 19.3 Å². The monoisotopic (exact) mass is 467 g/mol. The largest absolute Gasteiger partial charge is 0.481 e. The van der Waals surface area contributed by atoms with Crippen LogP contribution in [0.4, 0.5) is 32.1 Å². The van der Waals surface area contributed by atoms with E-state index in [1.54, 1.807) is 19.4 Å². The summed E-state index contributed by atoms with van der Waals surface area (Å²) < 4.78 is 34.4. The van der Waals surface area contributed by atoms with Gasteiger partial charge in [0.2, 0.25) is 17.8 Å². The molecule has 1 aliphatic carbocycles. The molecule has 6 rings (SSSR count). The van der Waals surface area contributed by atoms with Crippen molar-refractivity contribution in [3.05, 3.63) is 48.2 Å². The van der Waals surface area contributed by atoms with E-state index < -0.39 is 11.6 Å². The number of hydrogen-bond acceptors (Lipinski definition) is 7. The average Bonchev–Trinajstić information content (AvgIpc) is 3.36. The number of ether oxygens (including phenoxy) is 1. The van der Waals surface area contributed by atoms with Crippen molar-refractivity contribution in [1.82, 2.24) is 19.7 Å². The van der Waals surface area contributed by atoms with Gasteiger partial charge in [-0.15, -0.1) is 5.10 Å². The maximum absolute atomic E-state index is 13.8. The van der Waals surface area contributed by atoms with Crippen LogP contribution in [0.2, 0.25) is 0 Å². The van der Waals surface area contributed by atoms with Crippen LogP contribution in [0, 0.1) is 23.5 Å². The van der Waals surface area contributed by atoms with E-state index in [2.05, 4.69) is 15.2 Å². The number of aryl methyl sites for hydroxylation is 1. The lowest BCUT2D eigenvalue weighted by Gasteiger charge is -2.39. The lowest BCUT2D eigenvalue weighted by molar-refractivity contribution is 0.374. The first-order valence-electron chi connectivity index (χ1n) is 11.8. The summed E-state index contributed by atoms with van der Waals surface area (Å²) in [5, 5.41) is 8.32. The van der Waals surface area contributed by atoms with E-state index >= 15 is 0 Å². The van der Waals surface area contributed by atoms with Gasteiger partial charge < -0.3 is 19.9 Å². The Balaban J connectivity index is 1.20. The van der Waals surface area contributed by atoms with E-state index in [0.29, 0.717) is 47.9 Å². The topological polar surface area (TPSA) is 71.3 Å². The summed E-state index contributed by atoms with van der Waals surface area (Å²) in [6, 6.07) is 8.29. The van der Waals surface area contributed by atoms with Gasteiger partial charge in [0.05, 0.1) is 7.11 Å². The maximum Gasteiger partial charge on any atom is 0.244 e. The standard InChI is InChI=1S/C24H27F2N7O/c1-34-21-12-17(7-8-27-21)31-13-15-3-4-16(14-31)22(15)28-23-29-24-32(9-2-10-33(24)30-23)18-5-6-19(25)20(26)11-18/h5-8,11-12,15-16,22H,2-4,9-10,13-14H2,1H3,(H,28,30)/t15-,16?,22+/m1/s1. The lowest BCUT2D eigenvalue weighted by Crippen LogP contribution is -2.48. The lowest BCUT2D eigenvalue weighted by atomic mass is 9.92. The minimum atomic E-state index is -0.859. The number of piperidine rings is 1. The second-order valence-electron chi connectivity index (χ2n) is 9.29. The van der Waals surface area contributed by atoms with Crippen LogP contribution in [0.3, 0.4) is 0 Å². The highest BCUT2D eigenvalue weighted by atomic mass is 19.2. The van der Waals surface area contributed by atoms with Crippen molar-refractivity contribution in [2.75, 3.05) is 41.9 Å². The van der Waals surface area contributed by atoms with Gasteiger partial charge in [-0.25, -0.2) is 18.4 Å². The highest BCUT2D eigenvalue weighted by Gasteiger charge is 2.43. The van der Waals surface area contributed by atoms with Crippen LogP contribution >= 0.6 is 0 Å². The zero-order valence-corrected chi connectivity index (χ0v) is 19.0. The number of hydrogen-bond donors (Lipinski definition) is 1. The summed E-state index contributed by atoms with van der Waals surface area (Å²) in [6.07, 6.45) is 4.97. The summed E-state index contributed by atoms with van der Waals surface area (Å²) in [6.45, 7) is 3.34. The van der Waals surface area contributed by atoms with Crippen molar-refractivity contribution in [3.8, 4) is 5.88 Å². The Bertz CT molecular complexity index is 1190. The van der Waals surface area contributed by atoms with E-state index in [-0.39, 0.29) is 0 Å². The van der Waals surface area contributed by atoms with E-state index in [4.69, 9.17) is 14.8 Å². The predicted molar refractivity (Wildman–Crippen MR) is 125 cm³/mol. The summed E-state index contributed by atoms with van der Waals surface area (Å²) in [4.78, 5) is 13.3. The fourth-order valence-electron chi connectivity index (χ4n) is 5.65. The molecule has 4 heterocycles. The first kappa shape index (κ1) is 21.1. The number of aromatic nitrogens is 4. The summed E-state index contributed by atoms with van der Waals surface area (Å²) in [5.41, 5.74) is 1.72. The molecule has 1 N–H and O–H groups in total. The third-order valence-electron chi connectivity index (χ3n) is 7.28. The number of fused-ring (bicyclic) bond motifs is 3. The minimum Gasteiger partial charge on any atom is -0.481 e. The van der Waals surface area contributed by atoms with Gasteiger partial charge in [-0.2, -0.15) is 4.98 Å². The van der Waals surface area contributed by atoms with Crippen molar-refractivity contribution in [2.24, 2.45) is 11.8 Å². The SMILES string of the molecule is COc1cc(N2CC3CC[C@H](C2)[C@@H]3Nc2nc3n(n2)CCCN3c2ccc(F)c(F)c2)ccn1. The molecule has 2 bridgehead atoms. The number of halogens is 2. The van der Waals surface area contributed by atoms with Gasteiger partial charge in [-0.05, 0) is 49.3 Å². The number of nitrogens with zero attached hydrogens (tertiary/aromatic N) is 6. The van der Waals surface area contributed by atoms with Gasteiger partial charge in [0, 0.05) is 61.9 Å². The second-order valence-corrected chi connectivity index (χ2v) is 9.29. The molecule has 34 heavy (non-hydrogen) atoms. The molecular formula is C24H27F2N7O. The molecule has 2 fully saturated rings. The molecule has 10 heteroatoms. The fourth-order valence-corrected chi connectivity index (χ4v) is 5.65. The number of methoxy groups -OCH3 is 1. The molecular weight excluding hydrogens is 440 g/mol. The Morgan fingerprint density at radius 3 is 2.59 bits per heavy atom. The zero-order chi connectivity index (χ0) is 23.2. The molecule has 0 amide bonds. The van der Waals surface area contributed by atoms with E-state index in [9.17, 15) is 8.78 Å². The number of nitrogens with one attached hydrogen (secondary N) is 1. The molecule has 1 aromatic carbocycles. The van der Waals surface area contributed by atoms with Crippen molar-refractivity contribution in [2.45, 2.75) is 31.8 Å². The summed E-state index contributed by atoms with van der Waals surface area (Å²) in [5.74, 6) is 1.16. The molecule has 8 nitrogen and oxygen atoms in total. The van der Waals surface area contributed by atoms with Gasteiger partial charge in [-0.1, -0.05) is 0 Å². The van der Waals surface area contributed by atoms with Crippen LogP contribution in [0.25, 0.3) is 0 Å². The van der Waals surface area contributed by atoms with E-state index in [0.717, 1.165) is 50.7 Å². The van der Waals surface area contributed by atoms with Crippen LogP contribution in [-0.4, -0.2) is 52.5 Å². The van der Waals surface area contributed by atoms with Crippen molar-refractivity contribution >= 4 is 23.3 Å². The van der Waals surface area contributed by atoms with E-state index in [1.807, 2.05) is 21.7 Å². The van der Waals surface area contributed by atoms with E-state index in [1.165, 1.54) is 6.07 Å². The summed E-state index contributed by atoms with van der Waals surface area (Å²) >= 11 is 0. The van der Waals surface area contributed by atoms with Crippen LogP contribution < -0.4 is 19.9 Å². The molecule has 0 spiro atoms. The second kappa shape index (κ2) is 8.41. The van der Waals surface area contributed by atoms with Gasteiger partial charge in [0.25, 0.3) is 0 Å². The number of pyridine rings is 1. The predicted octanol–water partition coefficient (Wildman–Crippen LogP) is 3.83. The maximum atomic E-state index is 13.8. The molecule has 2 aliphatic heterocycles. The molecule has 1 unspecified atom stereocenters. The quantitative estimate of drug-likeness (QED) is 0.612. The molecule has 2 aromatic heterocycles. The molecule has 3 aliphatic rings. The molecule has 3 atom stereocenters. The Labute approximate surface area is 196 Å². The van der Waals surface area contributed by atoms with Gasteiger partial charge in [0.1, 0.15) is 0 Å². The highest BCUT2D eigenvalue weighted by Crippen LogP contribution is 2.40. The molecule has 0 radical (unpaired) electrons. The molecule has 3 aromatic rings. The van der Waals surface area contributed by atoms with Crippen molar-refractivity contribution in [3.63, 3.8) is 0 Å². The molecule has 1 saturated carbocycles. The third kappa shape index (κ3) is 3.70. The summed E-state index contributed by atoms with van der Waals surface area (Å²) in [7, 11) is 1.64. The van der Waals surface area contributed by atoms with Crippen LogP contribution in [-0.2, 0) is 6.54 Å². The Hall–Kier alpha value is -3.43. The Morgan fingerprint density at radius 1 is 1.00 bits per heavy atom. The highest BCUT2D eigenvalue weighted by molar-refractivity contribution is 5.59. The smallest absolute Gasteiger partial charge is 0.244 e. The van der Waals surface area contributed by atoms with Gasteiger partial charge in [0.15, 0.2) is 11.6 Å². The normalized spacial score (nSPS) is 23.7. The molecule has 178 valence electrons. The average molecular weight is 468 g/mol.